The van der Waals surface area contributed by atoms with Crippen LogP contribution in [0.4, 0.5) is 10.1 Å². The van der Waals surface area contributed by atoms with Crippen LogP contribution in [-0.2, 0) is 10.8 Å². The van der Waals surface area contributed by atoms with E-state index in [2.05, 4.69) is 5.32 Å². The van der Waals surface area contributed by atoms with E-state index in [9.17, 15) is 8.60 Å². The standard InChI is InChI=1S/C11H13FN2OS/c1-8(7-16(2)15)14-11-4-3-10(12)5-9(11)6-13/h3-5,8,14H,7H2,1-2H3. The van der Waals surface area contributed by atoms with Gasteiger partial charge in [-0.3, -0.25) is 4.21 Å². The third-order valence-electron chi connectivity index (χ3n) is 1.99. The predicted octanol–water partition coefficient (Wildman–Crippen LogP) is 1.88. The van der Waals surface area contributed by atoms with E-state index < -0.39 is 16.6 Å². The topological polar surface area (TPSA) is 52.9 Å². The third-order valence-corrected chi connectivity index (χ3v) is 2.96. The number of rotatable bonds is 4. The molecule has 0 heterocycles. The zero-order chi connectivity index (χ0) is 12.1. The Morgan fingerprint density at radius 2 is 2.31 bits per heavy atom. The Hall–Kier alpha value is -1.41. The molecule has 0 aliphatic heterocycles. The van der Waals surface area contributed by atoms with Crippen molar-refractivity contribution < 1.29 is 8.60 Å². The highest BCUT2D eigenvalue weighted by Crippen LogP contribution is 2.16. The molecule has 0 radical (unpaired) electrons. The maximum atomic E-state index is 12.9. The molecule has 0 aliphatic rings. The maximum absolute atomic E-state index is 12.9. The molecule has 0 saturated heterocycles. The van der Waals surface area contributed by atoms with E-state index in [1.54, 1.807) is 6.26 Å². The van der Waals surface area contributed by atoms with E-state index in [-0.39, 0.29) is 11.6 Å². The first-order valence-electron chi connectivity index (χ1n) is 4.79. The summed E-state index contributed by atoms with van der Waals surface area (Å²) in [4.78, 5) is 0. The largest absolute Gasteiger partial charge is 0.381 e. The molecule has 0 spiro atoms. The van der Waals surface area contributed by atoms with E-state index >= 15 is 0 Å². The van der Waals surface area contributed by atoms with Crippen LogP contribution in [0.1, 0.15) is 12.5 Å². The van der Waals surface area contributed by atoms with Crippen LogP contribution in [0.3, 0.4) is 0 Å². The van der Waals surface area contributed by atoms with Crippen LogP contribution >= 0.6 is 0 Å². The van der Waals surface area contributed by atoms with Crippen LogP contribution in [0.25, 0.3) is 0 Å². The fourth-order valence-electron chi connectivity index (χ4n) is 1.39. The van der Waals surface area contributed by atoms with Crippen molar-refractivity contribution in [1.29, 1.82) is 5.26 Å². The van der Waals surface area contributed by atoms with Gasteiger partial charge >= 0.3 is 0 Å². The van der Waals surface area contributed by atoms with Crippen LogP contribution in [0.2, 0.25) is 0 Å². The van der Waals surface area contributed by atoms with E-state index in [1.165, 1.54) is 18.2 Å². The van der Waals surface area contributed by atoms with Crippen LogP contribution in [-0.4, -0.2) is 22.3 Å². The molecule has 86 valence electrons. The highest BCUT2D eigenvalue weighted by molar-refractivity contribution is 7.84. The Morgan fingerprint density at radius 3 is 2.88 bits per heavy atom. The first-order valence-corrected chi connectivity index (χ1v) is 6.52. The zero-order valence-corrected chi connectivity index (χ0v) is 9.97. The summed E-state index contributed by atoms with van der Waals surface area (Å²) in [6, 6.07) is 5.88. The number of benzene rings is 1. The molecule has 0 amide bonds. The van der Waals surface area contributed by atoms with Crippen molar-refractivity contribution in [2.75, 3.05) is 17.3 Å². The molecule has 1 aromatic rings. The summed E-state index contributed by atoms with van der Waals surface area (Å²) >= 11 is 0. The fourth-order valence-corrected chi connectivity index (χ4v) is 2.18. The summed E-state index contributed by atoms with van der Waals surface area (Å²) in [6.07, 6.45) is 1.62. The van der Waals surface area contributed by atoms with Gasteiger partial charge in [0.05, 0.1) is 11.3 Å². The van der Waals surface area contributed by atoms with Crippen LogP contribution in [0, 0.1) is 17.1 Å². The zero-order valence-electron chi connectivity index (χ0n) is 9.16. The van der Waals surface area contributed by atoms with Gasteiger partial charge in [0.1, 0.15) is 11.9 Å². The molecule has 3 nitrogen and oxygen atoms in total. The quantitative estimate of drug-likeness (QED) is 0.874. The minimum atomic E-state index is -0.902. The highest BCUT2D eigenvalue weighted by Gasteiger charge is 2.08. The molecule has 0 aliphatic carbocycles. The van der Waals surface area contributed by atoms with Gasteiger partial charge < -0.3 is 5.32 Å². The van der Waals surface area contributed by atoms with Gasteiger partial charge in [-0.1, -0.05) is 0 Å². The van der Waals surface area contributed by atoms with Crippen molar-refractivity contribution in [2.24, 2.45) is 0 Å². The van der Waals surface area contributed by atoms with Gasteiger partial charge in [-0.25, -0.2) is 4.39 Å². The van der Waals surface area contributed by atoms with Crippen LogP contribution < -0.4 is 5.32 Å². The van der Waals surface area contributed by atoms with Gasteiger partial charge in [-0.15, -0.1) is 0 Å². The minimum absolute atomic E-state index is 0.0246. The lowest BCUT2D eigenvalue weighted by atomic mass is 10.2. The predicted molar refractivity (Wildman–Crippen MR) is 63.1 cm³/mol. The van der Waals surface area contributed by atoms with Crippen molar-refractivity contribution in [2.45, 2.75) is 13.0 Å². The molecular weight excluding hydrogens is 227 g/mol. The molecule has 16 heavy (non-hydrogen) atoms. The fraction of sp³-hybridized carbons (Fsp3) is 0.364. The summed E-state index contributed by atoms with van der Waals surface area (Å²) in [5, 5.41) is 11.9. The second-order valence-corrected chi connectivity index (χ2v) is 5.07. The number of nitriles is 1. The minimum Gasteiger partial charge on any atom is -0.381 e. The van der Waals surface area contributed by atoms with Gasteiger partial charge in [0.25, 0.3) is 0 Å². The Bertz CT molecular complexity index is 442. The van der Waals surface area contributed by atoms with Crippen LogP contribution in [0.15, 0.2) is 18.2 Å². The normalized spacial score (nSPS) is 13.9. The smallest absolute Gasteiger partial charge is 0.124 e. The van der Waals surface area contributed by atoms with E-state index in [1.807, 2.05) is 13.0 Å². The number of nitrogens with zero attached hydrogens (tertiary/aromatic N) is 1. The second kappa shape index (κ2) is 5.61. The van der Waals surface area contributed by atoms with E-state index in [4.69, 9.17) is 5.26 Å². The lowest BCUT2D eigenvalue weighted by Gasteiger charge is -2.14. The van der Waals surface area contributed by atoms with Gasteiger partial charge in [-0.2, -0.15) is 5.26 Å². The first-order chi connectivity index (χ1) is 7.52. The lowest BCUT2D eigenvalue weighted by molar-refractivity contribution is 0.627. The van der Waals surface area contributed by atoms with Crippen molar-refractivity contribution in [3.05, 3.63) is 29.6 Å². The van der Waals surface area contributed by atoms with Crippen molar-refractivity contribution in [1.82, 2.24) is 0 Å². The van der Waals surface area contributed by atoms with Gasteiger partial charge in [0.15, 0.2) is 0 Å². The number of hydrogen-bond donors (Lipinski definition) is 1. The molecule has 2 atom stereocenters. The summed E-state index contributed by atoms with van der Waals surface area (Å²) in [7, 11) is -0.902. The number of nitrogens with one attached hydrogen (secondary N) is 1. The van der Waals surface area contributed by atoms with Gasteiger partial charge in [-0.05, 0) is 25.1 Å². The van der Waals surface area contributed by atoms with E-state index in [0.717, 1.165) is 0 Å². The number of hydrogen-bond acceptors (Lipinski definition) is 3. The average Bonchev–Trinajstić information content (AvgIpc) is 2.19. The van der Waals surface area contributed by atoms with Gasteiger partial charge in [0, 0.05) is 28.9 Å². The molecule has 1 aromatic carbocycles. The molecule has 0 aromatic heterocycles. The monoisotopic (exact) mass is 240 g/mol. The Morgan fingerprint density at radius 1 is 1.62 bits per heavy atom. The maximum Gasteiger partial charge on any atom is 0.124 e. The molecule has 0 bridgehead atoms. The summed E-state index contributed by atoms with van der Waals surface area (Å²) in [5.41, 5.74) is 0.829. The molecule has 1 N–H and O–H groups in total. The molecule has 0 fully saturated rings. The molecule has 5 heteroatoms. The molecule has 0 saturated carbocycles. The first kappa shape index (κ1) is 12.7. The molecular formula is C11H13FN2OS. The Kier molecular flexibility index (Phi) is 4.44. The lowest BCUT2D eigenvalue weighted by Crippen LogP contribution is -2.22. The van der Waals surface area contributed by atoms with Crippen molar-refractivity contribution >= 4 is 16.5 Å². The third kappa shape index (κ3) is 3.63. The van der Waals surface area contributed by atoms with Crippen LogP contribution in [0.5, 0.6) is 0 Å². The Labute approximate surface area is 96.7 Å². The van der Waals surface area contributed by atoms with Crippen molar-refractivity contribution in [3.63, 3.8) is 0 Å². The molecule has 2 unspecified atom stereocenters. The molecule has 1 rings (SSSR count). The number of anilines is 1. The summed E-state index contributed by atoms with van der Waals surface area (Å²) < 4.78 is 23.9. The average molecular weight is 240 g/mol. The Balaban J connectivity index is 2.81. The van der Waals surface area contributed by atoms with Gasteiger partial charge in [0.2, 0.25) is 0 Å². The van der Waals surface area contributed by atoms with Crippen molar-refractivity contribution in [3.8, 4) is 6.07 Å². The number of halogens is 1. The highest BCUT2D eigenvalue weighted by atomic mass is 32.2. The second-order valence-electron chi connectivity index (χ2n) is 3.59. The summed E-state index contributed by atoms with van der Waals surface area (Å²) in [6.45, 7) is 1.87. The van der Waals surface area contributed by atoms with E-state index in [0.29, 0.717) is 11.4 Å². The summed E-state index contributed by atoms with van der Waals surface area (Å²) in [5.74, 6) is 0.0521. The SMILES string of the molecule is CC(CS(C)=O)Nc1ccc(F)cc1C#N.